The number of hydrogen-bond donors (Lipinski definition) is 1. The monoisotopic (exact) mass is 414 g/mol. The van der Waals surface area contributed by atoms with Crippen molar-refractivity contribution in [3.8, 4) is 5.75 Å². The standard InChI is InChI=1S/C22H26N2O4S/c1-28-21-11-10-19(29(26,27)24-12-3-2-4-13-24)15-20(21)23-22(25)18-9-8-16-6-5-7-17(16)14-18/h8-11,14-15H,2-7,12-13H2,1H3,(H,23,25). The Hall–Kier alpha value is -2.38. The number of carbonyl (C=O) groups is 1. The summed E-state index contributed by atoms with van der Waals surface area (Å²) in [4.78, 5) is 13.0. The fourth-order valence-corrected chi connectivity index (χ4v) is 5.65. The molecule has 1 N–H and O–H groups in total. The van der Waals surface area contributed by atoms with Gasteiger partial charge in [0.15, 0.2) is 0 Å². The number of piperidine rings is 1. The molecule has 0 spiro atoms. The highest BCUT2D eigenvalue weighted by molar-refractivity contribution is 7.89. The summed E-state index contributed by atoms with van der Waals surface area (Å²) in [6.45, 7) is 1.07. The molecule has 0 bridgehead atoms. The number of methoxy groups -OCH3 is 1. The average molecular weight is 415 g/mol. The Morgan fingerprint density at radius 1 is 0.966 bits per heavy atom. The van der Waals surface area contributed by atoms with Crippen LogP contribution < -0.4 is 10.1 Å². The van der Waals surface area contributed by atoms with E-state index < -0.39 is 10.0 Å². The van der Waals surface area contributed by atoms with E-state index in [1.54, 1.807) is 6.07 Å². The lowest BCUT2D eigenvalue weighted by Crippen LogP contribution is -2.35. The maximum Gasteiger partial charge on any atom is 0.255 e. The van der Waals surface area contributed by atoms with Crippen LogP contribution >= 0.6 is 0 Å². The number of ether oxygens (including phenoxy) is 1. The average Bonchev–Trinajstić information content (AvgIpc) is 3.22. The zero-order valence-corrected chi connectivity index (χ0v) is 17.4. The van der Waals surface area contributed by atoms with E-state index in [-0.39, 0.29) is 10.8 Å². The smallest absolute Gasteiger partial charge is 0.255 e. The molecule has 0 radical (unpaired) electrons. The van der Waals surface area contributed by atoms with Gasteiger partial charge in [0.1, 0.15) is 5.75 Å². The number of benzene rings is 2. The summed E-state index contributed by atoms with van der Waals surface area (Å²) in [7, 11) is -2.09. The number of nitrogens with one attached hydrogen (secondary N) is 1. The molecule has 0 saturated carbocycles. The Kier molecular flexibility index (Phi) is 5.61. The van der Waals surface area contributed by atoms with Crippen LogP contribution in [0.2, 0.25) is 0 Å². The summed E-state index contributed by atoms with van der Waals surface area (Å²) in [5.74, 6) is 0.155. The molecule has 154 valence electrons. The van der Waals surface area contributed by atoms with Crippen molar-refractivity contribution in [2.75, 3.05) is 25.5 Å². The molecule has 1 aliphatic carbocycles. The Labute approximate surface area is 171 Å². The van der Waals surface area contributed by atoms with Gasteiger partial charge in [-0.1, -0.05) is 12.5 Å². The third kappa shape index (κ3) is 4.02. The van der Waals surface area contributed by atoms with Crippen molar-refractivity contribution in [2.24, 2.45) is 0 Å². The van der Waals surface area contributed by atoms with Crippen LogP contribution in [0.3, 0.4) is 0 Å². The molecular weight excluding hydrogens is 388 g/mol. The Morgan fingerprint density at radius 3 is 2.48 bits per heavy atom. The SMILES string of the molecule is COc1ccc(S(=O)(=O)N2CCCCC2)cc1NC(=O)c1ccc2c(c1)CCC2. The number of hydrogen-bond acceptors (Lipinski definition) is 4. The second kappa shape index (κ2) is 8.16. The minimum atomic E-state index is -3.59. The molecule has 0 unspecified atom stereocenters. The minimum absolute atomic E-state index is 0.171. The van der Waals surface area contributed by atoms with E-state index in [4.69, 9.17) is 4.74 Å². The summed E-state index contributed by atoms with van der Waals surface area (Å²) in [5.41, 5.74) is 3.44. The molecule has 0 aromatic heterocycles. The zero-order chi connectivity index (χ0) is 20.4. The highest BCUT2D eigenvalue weighted by Gasteiger charge is 2.27. The van der Waals surface area contributed by atoms with Crippen molar-refractivity contribution in [1.29, 1.82) is 0 Å². The first-order valence-corrected chi connectivity index (χ1v) is 11.5. The maximum atomic E-state index is 13.0. The van der Waals surface area contributed by atoms with Gasteiger partial charge in [0.25, 0.3) is 5.91 Å². The summed E-state index contributed by atoms with van der Waals surface area (Å²) < 4.78 is 32.9. The number of rotatable bonds is 5. The molecule has 2 aliphatic rings. The minimum Gasteiger partial charge on any atom is -0.495 e. The fraction of sp³-hybridized carbons (Fsp3) is 0.409. The van der Waals surface area contributed by atoms with Gasteiger partial charge in [0.2, 0.25) is 10.0 Å². The van der Waals surface area contributed by atoms with Gasteiger partial charge in [-0.05, 0) is 73.6 Å². The van der Waals surface area contributed by atoms with Crippen LogP contribution in [0.15, 0.2) is 41.3 Å². The van der Waals surface area contributed by atoms with Gasteiger partial charge < -0.3 is 10.1 Å². The first-order chi connectivity index (χ1) is 14.0. The Balaban J connectivity index is 1.61. The van der Waals surface area contributed by atoms with Crippen LogP contribution in [0.4, 0.5) is 5.69 Å². The molecule has 7 heteroatoms. The predicted octanol–water partition coefficient (Wildman–Crippen LogP) is 3.61. The van der Waals surface area contributed by atoms with Gasteiger partial charge in [-0.25, -0.2) is 8.42 Å². The zero-order valence-electron chi connectivity index (χ0n) is 16.6. The van der Waals surface area contributed by atoms with Crippen molar-refractivity contribution in [1.82, 2.24) is 4.31 Å². The molecule has 0 atom stereocenters. The van der Waals surface area contributed by atoms with E-state index in [9.17, 15) is 13.2 Å². The van der Waals surface area contributed by atoms with Crippen LogP contribution in [0, 0.1) is 0 Å². The van der Waals surface area contributed by atoms with Crippen LogP contribution in [0.1, 0.15) is 47.2 Å². The third-order valence-corrected chi connectivity index (χ3v) is 7.63. The molecule has 1 aliphatic heterocycles. The number of amides is 1. The van der Waals surface area contributed by atoms with E-state index >= 15 is 0 Å². The highest BCUT2D eigenvalue weighted by atomic mass is 32.2. The molecule has 1 amide bonds. The number of nitrogens with zero attached hydrogens (tertiary/aromatic N) is 1. The molecule has 4 rings (SSSR count). The number of carbonyl (C=O) groups excluding carboxylic acids is 1. The summed E-state index contributed by atoms with van der Waals surface area (Å²) in [5, 5.41) is 2.84. The Bertz CT molecular complexity index is 1030. The van der Waals surface area contributed by atoms with E-state index in [1.807, 2.05) is 18.2 Å². The largest absolute Gasteiger partial charge is 0.495 e. The van der Waals surface area contributed by atoms with Crippen molar-refractivity contribution >= 4 is 21.6 Å². The van der Waals surface area contributed by atoms with Gasteiger partial charge >= 0.3 is 0 Å². The molecular formula is C22H26N2O4S. The summed E-state index contributed by atoms with van der Waals surface area (Å²) in [6, 6.07) is 10.4. The summed E-state index contributed by atoms with van der Waals surface area (Å²) >= 11 is 0. The second-order valence-corrected chi connectivity index (χ2v) is 9.56. The predicted molar refractivity (Wildman–Crippen MR) is 112 cm³/mol. The van der Waals surface area contributed by atoms with Crippen LogP contribution in [0.5, 0.6) is 5.75 Å². The highest BCUT2D eigenvalue weighted by Crippen LogP contribution is 2.31. The van der Waals surface area contributed by atoms with E-state index in [2.05, 4.69) is 5.32 Å². The van der Waals surface area contributed by atoms with Crippen molar-refractivity contribution in [3.05, 3.63) is 53.1 Å². The van der Waals surface area contributed by atoms with E-state index in [0.29, 0.717) is 30.1 Å². The van der Waals surface area contributed by atoms with Gasteiger partial charge in [-0.3, -0.25) is 4.79 Å². The molecule has 2 aromatic carbocycles. The fourth-order valence-electron chi connectivity index (χ4n) is 4.11. The number of sulfonamides is 1. The van der Waals surface area contributed by atoms with Gasteiger partial charge in [0.05, 0.1) is 17.7 Å². The molecule has 1 saturated heterocycles. The van der Waals surface area contributed by atoms with Gasteiger partial charge in [-0.15, -0.1) is 0 Å². The topological polar surface area (TPSA) is 75.7 Å². The Morgan fingerprint density at radius 2 is 1.72 bits per heavy atom. The maximum absolute atomic E-state index is 13.0. The van der Waals surface area contributed by atoms with E-state index in [1.165, 1.54) is 34.7 Å². The molecule has 6 nitrogen and oxygen atoms in total. The molecule has 1 fully saturated rings. The lowest BCUT2D eigenvalue weighted by molar-refractivity contribution is 0.102. The van der Waals surface area contributed by atoms with Gasteiger partial charge in [0, 0.05) is 18.7 Å². The van der Waals surface area contributed by atoms with Crippen molar-refractivity contribution in [2.45, 2.75) is 43.4 Å². The van der Waals surface area contributed by atoms with Crippen molar-refractivity contribution in [3.63, 3.8) is 0 Å². The molecule has 2 aromatic rings. The molecule has 1 heterocycles. The van der Waals surface area contributed by atoms with Crippen LogP contribution in [-0.2, 0) is 22.9 Å². The molecule has 29 heavy (non-hydrogen) atoms. The lowest BCUT2D eigenvalue weighted by Gasteiger charge is -2.26. The van der Waals surface area contributed by atoms with Crippen LogP contribution in [-0.4, -0.2) is 38.8 Å². The number of aryl methyl sites for hydroxylation is 2. The third-order valence-electron chi connectivity index (χ3n) is 5.73. The van der Waals surface area contributed by atoms with Crippen LogP contribution in [0.25, 0.3) is 0 Å². The first-order valence-electron chi connectivity index (χ1n) is 10.1. The lowest BCUT2D eigenvalue weighted by atomic mass is 10.1. The van der Waals surface area contributed by atoms with E-state index in [0.717, 1.165) is 38.5 Å². The quantitative estimate of drug-likeness (QED) is 0.811. The number of fused-ring (bicyclic) bond motifs is 1. The first kappa shape index (κ1) is 19.9. The normalized spacial score (nSPS) is 17.0. The second-order valence-electron chi connectivity index (χ2n) is 7.62. The number of anilines is 1. The van der Waals surface area contributed by atoms with Gasteiger partial charge in [-0.2, -0.15) is 4.31 Å². The summed E-state index contributed by atoms with van der Waals surface area (Å²) in [6.07, 6.45) is 5.96. The van der Waals surface area contributed by atoms with Crippen molar-refractivity contribution < 1.29 is 17.9 Å².